The lowest BCUT2D eigenvalue weighted by Gasteiger charge is -2.16. The molecule has 1 aromatic heterocycles. The monoisotopic (exact) mass is 293 g/mol. The van der Waals surface area contributed by atoms with E-state index in [-0.39, 0.29) is 17.8 Å². The van der Waals surface area contributed by atoms with Gasteiger partial charge < -0.3 is 21.6 Å². The van der Waals surface area contributed by atoms with Crippen LogP contribution in [0.15, 0.2) is 23.5 Å². The maximum absolute atomic E-state index is 11.9. The number of hydrogen-bond acceptors (Lipinski definition) is 5. The van der Waals surface area contributed by atoms with E-state index < -0.39 is 0 Å². The summed E-state index contributed by atoms with van der Waals surface area (Å²) in [6.07, 6.45) is 1.57. The molecule has 0 bridgehead atoms. The van der Waals surface area contributed by atoms with Gasteiger partial charge in [0.05, 0.1) is 6.04 Å². The molecule has 0 saturated heterocycles. The van der Waals surface area contributed by atoms with Crippen LogP contribution in [0.2, 0.25) is 0 Å². The van der Waals surface area contributed by atoms with Crippen LogP contribution in [0, 0.1) is 5.92 Å². The highest BCUT2D eigenvalue weighted by atomic mass is 16.4. The zero-order chi connectivity index (χ0) is 15.8. The molecule has 0 aromatic carbocycles. The Kier molecular flexibility index (Phi) is 6.61. The molecule has 0 spiro atoms. The molecule has 7 nitrogen and oxygen atoms in total. The molecule has 5 N–H and O–H groups in total. The van der Waals surface area contributed by atoms with Crippen molar-refractivity contribution in [3.63, 3.8) is 0 Å². The number of nitrogens with two attached hydrogens (primary N) is 1. The zero-order valence-corrected chi connectivity index (χ0v) is 12.6. The second kappa shape index (κ2) is 8.21. The van der Waals surface area contributed by atoms with Crippen molar-refractivity contribution in [2.24, 2.45) is 16.8 Å². The maximum Gasteiger partial charge on any atom is 0.236 e. The van der Waals surface area contributed by atoms with Crippen molar-refractivity contribution in [2.75, 3.05) is 6.54 Å². The number of nitrogens with one attached hydrogen (secondary N) is 2. The summed E-state index contributed by atoms with van der Waals surface area (Å²) in [5, 5.41) is 17.7. The molecule has 116 valence electrons. The van der Waals surface area contributed by atoms with Crippen molar-refractivity contribution < 1.29 is 10.0 Å². The van der Waals surface area contributed by atoms with Crippen LogP contribution in [0.25, 0.3) is 0 Å². The van der Waals surface area contributed by atoms with Gasteiger partial charge in [-0.15, -0.1) is 0 Å². The summed E-state index contributed by atoms with van der Waals surface area (Å²) in [6.45, 7) is 6.91. The molecule has 1 amide bonds. The van der Waals surface area contributed by atoms with E-state index in [1.54, 1.807) is 19.2 Å². The molecule has 1 rings (SSSR count). The molecule has 0 fully saturated rings. The van der Waals surface area contributed by atoms with Gasteiger partial charge in [-0.05, 0) is 24.5 Å². The first-order chi connectivity index (χ1) is 9.95. The van der Waals surface area contributed by atoms with E-state index in [1.165, 1.54) is 0 Å². The highest BCUT2D eigenvalue weighted by molar-refractivity contribution is 5.96. The van der Waals surface area contributed by atoms with Crippen molar-refractivity contribution in [1.82, 2.24) is 15.6 Å². The Morgan fingerprint density at radius 1 is 1.48 bits per heavy atom. The third-order valence-electron chi connectivity index (χ3n) is 2.92. The molecule has 7 heteroatoms. The number of amidine groups is 1. The third kappa shape index (κ3) is 5.39. The molecule has 0 aliphatic carbocycles. The van der Waals surface area contributed by atoms with Crippen LogP contribution in [-0.4, -0.2) is 34.5 Å². The molecule has 1 atom stereocenters. The molecule has 1 aromatic rings. The minimum Gasteiger partial charge on any atom is -0.409 e. The maximum atomic E-state index is 11.9. The smallest absolute Gasteiger partial charge is 0.236 e. The fourth-order valence-corrected chi connectivity index (χ4v) is 1.67. The second-order valence-corrected chi connectivity index (χ2v) is 5.24. The van der Waals surface area contributed by atoms with Gasteiger partial charge in [-0.25, -0.2) is 0 Å². The summed E-state index contributed by atoms with van der Waals surface area (Å²) < 4.78 is 0. The Bertz CT molecular complexity index is 502. The predicted molar refractivity (Wildman–Crippen MR) is 80.9 cm³/mol. The Labute approximate surface area is 124 Å². The lowest BCUT2D eigenvalue weighted by atomic mass is 10.1. The van der Waals surface area contributed by atoms with E-state index in [2.05, 4.69) is 20.8 Å². The van der Waals surface area contributed by atoms with Crippen LogP contribution in [0.3, 0.4) is 0 Å². The van der Waals surface area contributed by atoms with Gasteiger partial charge in [-0.2, -0.15) is 0 Å². The number of oxime groups is 1. The number of hydrogen-bond donors (Lipinski definition) is 4. The van der Waals surface area contributed by atoms with Gasteiger partial charge in [0.1, 0.15) is 5.69 Å². The SMILES string of the molecule is CC(C)CNC(=O)C(C)NCc1cccnc1/C(N)=N/O. The van der Waals surface area contributed by atoms with E-state index in [1.807, 2.05) is 19.9 Å². The van der Waals surface area contributed by atoms with Crippen LogP contribution in [-0.2, 0) is 11.3 Å². The molecule has 1 heterocycles. The highest BCUT2D eigenvalue weighted by Gasteiger charge is 2.14. The number of pyridine rings is 1. The van der Waals surface area contributed by atoms with E-state index in [0.717, 1.165) is 5.56 Å². The summed E-state index contributed by atoms with van der Waals surface area (Å²) in [6, 6.07) is 3.23. The van der Waals surface area contributed by atoms with Crippen molar-refractivity contribution in [3.05, 3.63) is 29.6 Å². The van der Waals surface area contributed by atoms with Gasteiger partial charge in [0.25, 0.3) is 0 Å². The zero-order valence-electron chi connectivity index (χ0n) is 12.6. The van der Waals surface area contributed by atoms with Gasteiger partial charge >= 0.3 is 0 Å². The molecule has 0 aliphatic heterocycles. The fourth-order valence-electron chi connectivity index (χ4n) is 1.67. The first-order valence-corrected chi connectivity index (χ1v) is 6.88. The third-order valence-corrected chi connectivity index (χ3v) is 2.92. The van der Waals surface area contributed by atoms with Crippen molar-refractivity contribution in [2.45, 2.75) is 33.4 Å². The van der Waals surface area contributed by atoms with E-state index >= 15 is 0 Å². The lowest BCUT2D eigenvalue weighted by Crippen LogP contribution is -2.43. The topological polar surface area (TPSA) is 113 Å². The Morgan fingerprint density at radius 3 is 2.81 bits per heavy atom. The van der Waals surface area contributed by atoms with Crippen LogP contribution in [0.5, 0.6) is 0 Å². The summed E-state index contributed by atoms with van der Waals surface area (Å²) in [5.41, 5.74) is 6.74. The van der Waals surface area contributed by atoms with Crippen LogP contribution >= 0.6 is 0 Å². The normalized spacial score (nSPS) is 13.2. The van der Waals surface area contributed by atoms with E-state index in [9.17, 15) is 4.79 Å². The van der Waals surface area contributed by atoms with E-state index in [4.69, 9.17) is 10.9 Å². The summed E-state index contributed by atoms with van der Waals surface area (Å²) in [5.74, 6) is 0.300. The van der Waals surface area contributed by atoms with Crippen LogP contribution in [0.1, 0.15) is 32.0 Å². The van der Waals surface area contributed by atoms with Gasteiger partial charge in [-0.3, -0.25) is 9.78 Å². The Hall–Kier alpha value is -2.15. The average Bonchev–Trinajstić information content (AvgIpc) is 2.49. The van der Waals surface area contributed by atoms with Gasteiger partial charge in [0.2, 0.25) is 5.91 Å². The summed E-state index contributed by atoms with van der Waals surface area (Å²) in [7, 11) is 0. The first-order valence-electron chi connectivity index (χ1n) is 6.88. The highest BCUT2D eigenvalue weighted by Crippen LogP contribution is 2.05. The lowest BCUT2D eigenvalue weighted by molar-refractivity contribution is -0.122. The minimum atomic E-state index is -0.343. The van der Waals surface area contributed by atoms with Crippen molar-refractivity contribution >= 4 is 11.7 Å². The van der Waals surface area contributed by atoms with Gasteiger partial charge in [0.15, 0.2) is 5.84 Å². The van der Waals surface area contributed by atoms with Crippen molar-refractivity contribution in [3.8, 4) is 0 Å². The summed E-state index contributed by atoms with van der Waals surface area (Å²) >= 11 is 0. The molecule has 0 radical (unpaired) electrons. The molecule has 0 aliphatic rings. The predicted octanol–water partition coefficient (Wildman–Crippen LogP) is 0.426. The Balaban J connectivity index is 2.61. The van der Waals surface area contributed by atoms with E-state index in [0.29, 0.717) is 24.7 Å². The fraction of sp³-hybridized carbons (Fsp3) is 0.500. The number of rotatable bonds is 7. The number of amides is 1. The quantitative estimate of drug-likeness (QED) is 0.252. The molecule has 0 saturated carbocycles. The Morgan fingerprint density at radius 2 is 2.19 bits per heavy atom. The van der Waals surface area contributed by atoms with Crippen LogP contribution in [0.4, 0.5) is 0 Å². The van der Waals surface area contributed by atoms with Crippen molar-refractivity contribution in [1.29, 1.82) is 0 Å². The molecular weight excluding hydrogens is 270 g/mol. The standard InChI is InChI=1S/C14H23N5O2/c1-9(2)7-18-14(20)10(3)17-8-11-5-4-6-16-12(11)13(15)19-21/h4-6,9-10,17,21H,7-8H2,1-3H3,(H2,15,19)(H,18,20). The largest absolute Gasteiger partial charge is 0.409 e. The van der Waals surface area contributed by atoms with Gasteiger partial charge in [0, 0.05) is 19.3 Å². The molecular formula is C14H23N5O2. The summed E-state index contributed by atoms with van der Waals surface area (Å²) in [4.78, 5) is 15.9. The number of aromatic nitrogens is 1. The number of nitrogens with zero attached hydrogens (tertiary/aromatic N) is 2. The molecule has 21 heavy (non-hydrogen) atoms. The average molecular weight is 293 g/mol. The minimum absolute atomic E-state index is 0.0516. The second-order valence-electron chi connectivity index (χ2n) is 5.24. The number of carbonyl (C=O) groups is 1. The number of carbonyl (C=O) groups excluding carboxylic acids is 1. The molecule has 1 unspecified atom stereocenters. The van der Waals surface area contributed by atoms with Gasteiger partial charge in [-0.1, -0.05) is 25.1 Å². The van der Waals surface area contributed by atoms with Crippen LogP contribution < -0.4 is 16.4 Å². The first kappa shape index (κ1) is 16.9.